The van der Waals surface area contributed by atoms with Crippen LogP contribution in [0.25, 0.3) is 0 Å². The Hall–Kier alpha value is -1.27. The van der Waals surface area contributed by atoms with Gasteiger partial charge in [0.1, 0.15) is 0 Å². The summed E-state index contributed by atoms with van der Waals surface area (Å²) in [5.41, 5.74) is 5.38. The predicted octanol–water partition coefficient (Wildman–Crippen LogP) is 2.38. The van der Waals surface area contributed by atoms with E-state index in [2.05, 4.69) is 10.3 Å². The fourth-order valence-corrected chi connectivity index (χ4v) is 2.72. The molecule has 21 heavy (non-hydrogen) atoms. The largest absolute Gasteiger partial charge is 0.356 e. The molecule has 3 N–H and O–H groups in total. The van der Waals surface area contributed by atoms with Gasteiger partial charge in [-0.1, -0.05) is 19.3 Å². The number of rotatable bonds is 7. The third kappa shape index (κ3) is 7.92. The number of carbonyl (C=O) groups excluding carboxylic acids is 2. The Balaban J connectivity index is 0.000000262. The SMILES string of the molecule is NCCCCCNC(=O)C1CCCC1.O=Cc1nccs1. The highest BCUT2D eigenvalue weighted by Crippen LogP contribution is 2.24. The second-order valence-electron chi connectivity index (χ2n) is 5.11. The molecule has 0 radical (unpaired) electrons. The molecule has 1 saturated carbocycles. The number of unbranched alkanes of at least 4 members (excludes halogenated alkanes) is 2. The predicted molar refractivity (Wildman–Crippen MR) is 85.4 cm³/mol. The van der Waals surface area contributed by atoms with Gasteiger partial charge in [0.15, 0.2) is 11.3 Å². The topological polar surface area (TPSA) is 85.1 Å². The summed E-state index contributed by atoms with van der Waals surface area (Å²) in [4.78, 5) is 25.0. The summed E-state index contributed by atoms with van der Waals surface area (Å²) in [6.45, 7) is 1.59. The molecule has 0 bridgehead atoms. The second-order valence-corrected chi connectivity index (χ2v) is 6.04. The number of hydrogen-bond acceptors (Lipinski definition) is 5. The van der Waals surface area contributed by atoms with Crippen molar-refractivity contribution in [3.8, 4) is 0 Å². The number of thiazole rings is 1. The molecule has 1 aromatic heterocycles. The number of aromatic nitrogens is 1. The number of aldehydes is 1. The average Bonchev–Trinajstić information content (AvgIpc) is 3.20. The molecule has 0 spiro atoms. The zero-order valence-electron chi connectivity index (χ0n) is 12.4. The van der Waals surface area contributed by atoms with Crippen molar-refractivity contribution in [3.63, 3.8) is 0 Å². The zero-order chi connectivity index (χ0) is 15.3. The Morgan fingerprint density at radius 1 is 1.38 bits per heavy atom. The van der Waals surface area contributed by atoms with Gasteiger partial charge in [0.2, 0.25) is 5.91 Å². The lowest BCUT2D eigenvalue weighted by atomic mass is 10.1. The summed E-state index contributed by atoms with van der Waals surface area (Å²) in [5.74, 6) is 0.583. The van der Waals surface area contributed by atoms with Crippen LogP contribution in [0.1, 0.15) is 54.7 Å². The first-order valence-electron chi connectivity index (χ1n) is 7.60. The third-order valence-electron chi connectivity index (χ3n) is 3.46. The monoisotopic (exact) mass is 311 g/mol. The van der Waals surface area contributed by atoms with Gasteiger partial charge in [-0.2, -0.15) is 0 Å². The van der Waals surface area contributed by atoms with Crippen molar-refractivity contribution in [2.24, 2.45) is 11.7 Å². The lowest BCUT2D eigenvalue weighted by Crippen LogP contribution is -2.30. The Morgan fingerprint density at radius 2 is 2.14 bits per heavy atom. The van der Waals surface area contributed by atoms with Crippen LogP contribution in [0.15, 0.2) is 11.6 Å². The van der Waals surface area contributed by atoms with Crippen LogP contribution in [0.3, 0.4) is 0 Å². The van der Waals surface area contributed by atoms with E-state index in [0.29, 0.717) is 10.9 Å². The van der Waals surface area contributed by atoms with Gasteiger partial charge in [-0.25, -0.2) is 4.98 Å². The van der Waals surface area contributed by atoms with E-state index in [4.69, 9.17) is 5.73 Å². The summed E-state index contributed by atoms with van der Waals surface area (Å²) < 4.78 is 0. The van der Waals surface area contributed by atoms with Crippen LogP contribution < -0.4 is 11.1 Å². The van der Waals surface area contributed by atoms with Crippen molar-refractivity contribution in [1.29, 1.82) is 0 Å². The fraction of sp³-hybridized carbons (Fsp3) is 0.667. The molecule has 2 rings (SSSR count). The van der Waals surface area contributed by atoms with Gasteiger partial charge in [0, 0.05) is 24.0 Å². The zero-order valence-corrected chi connectivity index (χ0v) is 13.2. The highest BCUT2D eigenvalue weighted by molar-refractivity contribution is 7.11. The first kappa shape index (κ1) is 17.8. The van der Waals surface area contributed by atoms with Gasteiger partial charge >= 0.3 is 0 Å². The molecule has 0 aromatic carbocycles. The van der Waals surface area contributed by atoms with E-state index in [-0.39, 0.29) is 5.91 Å². The highest BCUT2D eigenvalue weighted by Gasteiger charge is 2.21. The van der Waals surface area contributed by atoms with Gasteiger partial charge in [0.05, 0.1) is 0 Å². The normalized spacial score (nSPS) is 14.3. The van der Waals surface area contributed by atoms with Gasteiger partial charge < -0.3 is 11.1 Å². The maximum Gasteiger partial charge on any atom is 0.223 e. The molecular formula is C15H25N3O2S. The van der Waals surface area contributed by atoms with Crippen LogP contribution in [0.4, 0.5) is 0 Å². The molecule has 118 valence electrons. The van der Waals surface area contributed by atoms with E-state index in [0.717, 1.165) is 51.5 Å². The van der Waals surface area contributed by atoms with Crippen molar-refractivity contribution in [2.45, 2.75) is 44.9 Å². The van der Waals surface area contributed by atoms with Gasteiger partial charge in [0.25, 0.3) is 0 Å². The third-order valence-corrected chi connectivity index (χ3v) is 4.16. The van der Waals surface area contributed by atoms with Gasteiger partial charge in [-0.15, -0.1) is 11.3 Å². The first-order valence-corrected chi connectivity index (χ1v) is 8.48. The van der Waals surface area contributed by atoms with Crippen LogP contribution >= 0.6 is 11.3 Å². The number of nitrogens with two attached hydrogens (primary N) is 1. The Morgan fingerprint density at radius 3 is 2.67 bits per heavy atom. The Bertz CT molecular complexity index is 390. The molecular weight excluding hydrogens is 286 g/mol. The number of amides is 1. The second kappa shape index (κ2) is 11.4. The number of nitrogens with zero attached hydrogens (tertiary/aromatic N) is 1. The van der Waals surface area contributed by atoms with Crippen LogP contribution in [-0.2, 0) is 4.79 Å². The van der Waals surface area contributed by atoms with Crippen molar-refractivity contribution in [2.75, 3.05) is 13.1 Å². The maximum absolute atomic E-state index is 11.5. The Labute approximate surface area is 130 Å². The summed E-state index contributed by atoms with van der Waals surface area (Å²) in [6, 6.07) is 0. The number of carbonyl (C=O) groups is 2. The molecule has 0 unspecified atom stereocenters. The maximum atomic E-state index is 11.5. The summed E-state index contributed by atoms with van der Waals surface area (Å²) in [6.07, 6.45) is 10.2. The molecule has 0 saturated heterocycles. The molecule has 1 aliphatic rings. The van der Waals surface area contributed by atoms with Gasteiger partial charge in [-0.05, 0) is 32.2 Å². The van der Waals surface area contributed by atoms with E-state index >= 15 is 0 Å². The van der Waals surface area contributed by atoms with E-state index < -0.39 is 0 Å². The molecule has 5 nitrogen and oxygen atoms in total. The lowest BCUT2D eigenvalue weighted by molar-refractivity contribution is -0.124. The smallest absolute Gasteiger partial charge is 0.223 e. The van der Waals surface area contributed by atoms with Crippen molar-refractivity contribution in [1.82, 2.24) is 10.3 Å². The first-order chi connectivity index (χ1) is 10.3. The highest BCUT2D eigenvalue weighted by atomic mass is 32.1. The average molecular weight is 311 g/mol. The summed E-state index contributed by atoms with van der Waals surface area (Å²) in [7, 11) is 0. The number of hydrogen-bond donors (Lipinski definition) is 2. The van der Waals surface area contributed by atoms with E-state index in [1.807, 2.05) is 0 Å². The van der Waals surface area contributed by atoms with Crippen molar-refractivity contribution < 1.29 is 9.59 Å². The molecule has 0 aliphatic heterocycles. The molecule has 1 aromatic rings. The molecule has 1 aliphatic carbocycles. The van der Waals surface area contributed by atoms with Crippen molar-refractivity contribution >= 4 is 23.5 Å². The minimum Gasteiger partial charge on any atom is -0.356 e. The summed E-state index contributed by atoms with van der Waals surface area (Å²) >= 11 is 1.34. The molecule has 1 fully saturated rings. The molecule has 6 heteroatoms. The van der Waals surface area contributed by atoms with Crippen LogP contribution in [0.5, 0.6) is 0 Å². The van der Waals surface area contributed by atoms with E-state index in [9.17, 15) is 9.59 Å². The van der Waals surface area contributed by atoms with E-state index in [1.165, 1.54) is 24.2 Å². The van der Waals surface area contributed by atoms with E-state index in [1.54, 1.807) is 11.6 Å². The number of nitrogens with one attached hydrogen (secondary N) is 1. The molecule has 1 heterocycles. The molecule has 0 atom stereocenters. The minimum absolute atomic E-state index is 0.273. The van der Waals surface area contributed by atoms with Crippen molar-refractivity contribution in [3.05, 3.63) is 16.6 Å². The minimum atomic E-state index is 0.273. The van der Waals surface area contributed by atoms with Crippen LogP contribution in [0, 0.1) is 5.92 Å². The van der Waals surface area contributed by atoms with Crippen LogP contribution in [-0.4, -0.2) is 30.3 Å². The Kier molecular flexibility index (Phi) is 9.65. The standard InChI is InChI=1S/C11H22N2O.C4H3NOS/c12-8-4-1-5-9-13-11(14)10-6-2-3-7-10;6-3-4-5-1-2-7-4/h10H,1-9,12H2,(H,13,14);1-3H. The summed E-state index contributed by atoms with van der Waals surface area (Å²) in [5, 5.41) is 5.31. The fourth-order valence-electron chi connectivity index (χ4n) is 2.28. The quantitative estimate of drug-likeness (QED) is 0.598. The van der Waals surface area contributed by atoms with Crippen LogP contribution in [0.2, 0.25) is 0 Å². The molecule has 1 amide bonds. The van der Waals surface area contributed by atoms with Gasteiger partial charge in [-0.3, -0.25) is 9.59 Å². The lowest BCUT2D eigenvalue weighted by Gasteiger charge is -2.09.